The lowest BCUT2D eigenvalue weighted by atomic mass is 9.77. The molecule has 0 amide bonds. The van der Waals surface area contributed by atoms with E-state index in [9.17, 15) is 4.39 Å². The minimum absolute atomic E-state index is 0.135. The van der Waals surface area contributed by atoms with Crippen molar-refractivity contribution in [3.05, 3.63) is 34.6 Å². The fourth-order valence-electron chi connectivity index (χ4n) is 2.37. The van der Waals surface area contributed by atoms with Gasteiger partial charge in [-0.2, -0.15) is 0 Å². The summed E-state index contributed by atoms with van der Waals surface area (Å²) in [4.78, 5) is 0. The van der Waals surface area contributed by atoms with Crippen molar-refractivity contribution in [3.63, 3.8) is 0 Å². The Labute approximate surface area is 106 Å². The molecule has 2 N–H and O–H groups in total. The third-order valence-electron chi connectivity index (χ3n) is 3.41. The van der Waals surface area contributed by atoms with Crippen LogP contribution in [0.2, 0.25) is 5.02 Å². The predicted octanol–water partition coefficient (Wildman–Crippen LogP) is 2.78. The monoisotopic (exact) mass is 257 g/mol. The topological polar surface area (TPSA) is 35.2 Å². The average Bonchev–Trinajstić information content (AvgIpc) is 2.35. The first-order valence-electron chi connectivity index (χ1n) is 5.87. The van der Waals surface area contributed by atoms with Gasteiger partial charge in [-0.05, 0) is 43.0 Å². The number of hydrogen-bond donors (Lipinski definition) is 1. The van der Waals surface area contributed by atoms with E-state index in [1.165, 1.54) is 6.07 Å². The predicted molar refractivity (Wildman–Crippen MR) is 66.7 cm³/mol. The lowest BCUT2D eigenvalue weighted by molar-refractivity contribution is -0.00301. The molecule has 0 bridgehead atoms. The van der Waals surface area contributed by atoms with E-state index in [0.29, 0.717) is 30.2 Å². The molecule has 1 atom stereocenters. The fourth-order valence-corrected chi connectivity index (χ4v) is 2.56. The van der Waals surface area contributed by atoms with Crippen molar-refractivity contribution < 1.29 is 9.13 Å². The maximum Gasteiger partial charge on any atom is 0.126 e. The van der Waals surface area contributed by atoms with Crippen molar-refractivity contribution in [2.75, 3.05) is 19.8 Å². The Morgan fingerprint density at radius 1 is 1.47 bits per heavy atom. The van der Waals surface area contributed by atoms with Crippen LogP contribution in [0.3, 0.4) is 0 Å². The molecular formula is C13H17ClFNO. The third-order valence-corrected chi connectivity index (χ3v) is 3.65. The highest BCUT2D eigenvalue weighted by Crippen LogP contribution is 2.32. The van der Waals surface area contributed by atoms with Gasteiger partial charge in [-0.25, -0.2) is 4.39 Å². The molecule has 0 spiro atoms. The highest BCUT2D eigenvalue weighted by atomic mass is 35.5. The largest absolute Gasteiger partial charge is 0.381 e. The van der Waals surface area contributed by atoms with Crippen molar-refractivity contribution in [3.8, 4) is 0 Å². The molecular weight excluding hydrogens is 241 g/mol. The van der Waals surface area contributed by atoms with E-state index in [0.717, 1.165) is 19.4 Å². The fraction of sp³-hybridized carbons (Fsp3) is 0.538. The molecule has 1 aromatic rings. The quantitative estimate of drug-likeness (QED) is 0.904. The Bertz CT molecular complexity index is 391. The number of benzene rings is 1. The molecule has 17 heavy (non-hydrogen) atoms. The Kier molecular flexibility index (Phi) is 4.02. The van der Waals surface area contributed by atoms with Crippen molar-refractivity contribution in [2.45, 2.75) is 19.3 Å². The van der Waals surface area contributed by atoms with Gasteiger partial charge in [0.05, 0.1) is 6.61 Å². The summed E-state index contributed by atoms with van der Waals surface area (Å²) in [6.07, 6.45) is 2.56. The molecule has 94 valence electrons. The molecule has 1 aromatic carbocycles. The molecule has 1 fully saturated rings. The molecule has 1 aliphatic rings. The smallest absolute Gasteiger partial charge is 0.126 e. The molecule has 1 aliphatic heterocycles. The zero-order valence-electron chi connectivity index (χ0n) is 9.72. The molecule has 2 rings (SSSR count). The van der Waals surface area contributed by atoms with E-state index in [4.69, 9.17) is 22.1 Å². The Morgan fingerprint density at radius 2 is 2.29 bits per heavy atom. The summed E-state index contributed by atoms with van der Waals surface area (Å²) < 4.78 is 19.2. The summed E-state index contributed by atoms with van der Waals surface area (Å²) in [5, 5.41) is 0.560. The number of rotatable bonds is 3. The maximum atomic E-state index is 13.7. The maximum absolute atomic E-state index is 13.7. The standard InChI is InChI=1S/C13H17ClFNO/c14-11-2-3-12(15)10(6-11)7-13(8-16)4-1-5-17-9-13/h2-3,6H,1,4-5,7-9,16H2. The SMILES string of the molecule is NCC1(Cc2cc(Cl)ccc2F)CCCOC1. The molecule has 1 heterocycles. The first-order valence-corrected chi connectivity index (χ1v) is 6.25. The number of halogens is 2. The summed E-state index contributed by atoms with van der Waals surface area (Å²) in [5.74, 6) is -0.215. The van der Waals surface area contributed by atoms with Gasteiger partial charge in [-0.1, -0.05) is 11.6 Å². The van der Waals surface area contributed by atoms with Crippen LogP contribution < -0.4 is 5.73 Å². The van der Waals surface area contributed by atoms with Gasteiger partial charge in [0.25, 0.3) is 0 Å². The van der Waals surface area contributed by atoms with Gasteiger partial charge in [0.2, 0.25) is 0 Å². The van der Waals surface area contributed by atoms with Crippen LogP contribution in [-0.2, 0) is 11.2 Å². The molecule has 0 radical (unpaired) electrons. The molecule has 4 heteroatoms. The van der Waals surface area contributed by atoms with Crippen LogP contribution in [0.1, 0.15) is 18.4 Å². The Hall–Kier alpha value is -0.640. The van der Waals surface area contributed by atoms with Crippen molar-refractivity contribution in [1.29, 1.82) is 0 Å². The van der Waals surface area contributed by atoms with Gasteiger partial charge in [0.15, 0.2) is 0 Å². The van der Waals surface area contributed by atoms with Crippen LogP contribution >= 0.6 is 11.6 Å². The number of ether oxygens (including phenoxy) is 1. The highest BCUT2D eigenvalue weighted by Gasteiger charge is 2.32. The first kappa shape index (κ1) is 12.8. The minimum atomic E-state index is -0.215. The molecule has 1 saturated heterocycles. The lowest BCUT2D eigenvalue weighted by Crippen LogP contribution is -2.40. The van der Waals surface area contributed by atoms with Crippen LogP contribution in [-0.4, -0.2) is 19.8 Å². The van der Waals surface area contributed by atoms with Gasteiger partial charge >= 0.3 is 0 Å². The zero-order chi connectivity index (χ0) is 12.3. The van der Waals surface area contributed by atoms with E-state index in [1.54, 1.807) is 12.1 Å². The number of hydrogen-bond acceptors (Lipinski definition) is 2. The summed E-state index contributed by atoms with van der Waals surface area (Å²) in [5.41, 5.74) is 6.34. The van der Waals surface area contributed by atoms with E-state index in [2.05, 4.69) is 0 Å². The normalized spacial score (nSPS) is 24.9. The first-order chi connectivity index (χ1) is 8.15. The van der Waals surface area contributed by atoms with Crippen LogP contribution in [0.25, 0.3) is 0 Å². The molecule has 0 aliphatic carbocycles. The lowest BCUT2D eigenvalue weighted by Gasteiger charge is -2.36. The molecule has 0 saturated carbocycles. The van der Waals surface area contributed by atoms with Crippen LogP contribution in [0.15, 0.2) is 18.2 Å². The highest BCUT2D eigenvalue weighted by molar-refractivity contribution is 6.30. The third kappa shape index (κ3) is 2.97. The van der Waals surface area contributed by atoms with E-state index in [-0.39, 0.29) is 11.2 Å². The van der Waals surface area contributed by atoms with Crippen molar-refractivity contribution in [2.24, 2.45) is 11.1 Å². The van der Waals surface area contributed by atoms with Gasteiger partial charge in [0, 0.05) is 23.6 Å². The van der Waals surface area contributed by atoms with E-state index in [1.807, 2.05) is 0 Å². The van der Waals surface area contributed by atoms with Crippen molar-refractivity contribution >= 4 is 11.6 Å². The summed E-state index contributed by atoms with van der Waals surface area (Å²) in [6, 6.07) is 4.65. The van der Waals surface area contributed by atoms with Crippen molar-refractivity contribution in [1.82, 2.24) is 0 Å². The Morgan fingerprint density at radius 3 is 2.94 bits per heavy atom. The van der Waals surface area contributed by atoms with Gasteiger partial charge < -0.3 is 10.5 Å². The average molecular weight is 258 g/mol. The second-order valence-electron chi connectivity index (χ2n) is 4.77. The second kappa shape index (κ2) is 5.34. The molecule has 1 unspecified atom stereocenters. The molecule has 0 aromatic heterocycles. The van der Waals surface area contributed by atoms with Crippen LogP contribution in [0, 0.1) is 11.2 Å². The van der Waals surface area contributed by atoms with Gasteiger partial charge in [0.1, 0.15) is 5.82 Å². The number of nitrogens with two attached hydrogens (primary N) is 1. The van der Waals surface area contributed by atoms with Crippen LogP contribution in [0.5, 0.6) is 0 Å². The Balaban J connectivity index is 2.20. The second-order valence-corrected chi connectivity index (χ2v) is 5.21. The van der Waals surface area contributed by atoms with Gasteiger partial charge in [-0.15, -0.1) is 0 Å². The van der Waals surface area contributed by atoms with Gasteiger partial charge in [-0.3, -0.25) is 0 Å². The summed E-state index contributed by atoms with van der Waals surface area (Å²) in [6.45, 7) is 1.90. The van der Waals surface area contributed by atoms with E-state index < -0.39 is 0 Å². The minimum Gasteiger partial charge on any atom is -0.381 e. The van der Waals surface area contributed by atoms with Crippen LogP contribution in [0.4, 0.5) is 4.39 Å². The van der Waals surface area contributed by atoms with E-state index >= 15 is 0 Å². The molecule has 2 nitrogen and oxygen atoms in total. The summed E-state index contributed by atoms with van der Waals surface area (Å²) >= 11 is 5.89. The zero-order valence-corrected chi connectivity index (χ0v) is 10.5. The summed E-state index contributed by atoms with van der Waals surface area (Å²) in [7, 11) is 0.